The minimum atomic E-state index is -0.563. The fraction of sp³-hybridized carbons (Fsp3) is 0.389. The first kappa shape index (κ1) is 35.3. The molecule has 1 fully saturated rings. The van der Waals surface area contributed by atoms with Gasteiger partial charge in [-0.25, -0.2) is 14.6 Å². The Hall–Kier alpha value is -4.51. The molecule has 0 saturated carbocycles. The van der Waals surface area contributed by atoms with Gasteiger partial charge in [-0.05, 0) is 49.9 Å². The molecule has 0 bridgehead atoms. The third-order valence-corrected chi connectivity index (χ3v) is 10.0. The zero-order valence-corrected chi connectivity index (χ0v) is 28.4. The molecule has 0 radical (unpaired) electrons. The highest BCUT2D eigenvalue weighted by Gasteiger charge is 2.50. The van der Waals surface area contributed by atoms with Crippen LogP contribution in [0, 0.1) is 30.6 Å². The number of aromatic nitrogens is 2. The van der Waals surface area contributed by atoms with E-state index in [0.717, 1.165) is 5.57 Å². The standard InChI is InChI=1S/C36H42N4O6S/c1-20(2)28-27(19-45-34(43)25-14-10-8-11-15-25)47-31(30(28)46-35(44)26-16-12-9-13-17-26)23(6)22(5)18-37-29-24(7)38-36(40-33(29)42)39-32(41)21(3)4/h8-18,21-23,27-28,30-31H,1,19H2,2-7H3,(H2,38,39,40,41,42)/t22?,23?,27-,28?,30?,31+/m1/s1. The summed E-state index contributed by atoms with van der Waals surface area (Å²) in [4.78, 5) is 62.5. The number of amides is 1. The first-order chi connectivity index (χ1) is 22.4. The Bertz CT molecular complexity index is 1670. The van der Waals surface area contributed by atoms with E-state index in [0.29, 0.717) is 16.8 Å². The number of hydrogen-bond donors (Lipinski definition) is 2. The first-order valence-corrected chi connectivity index (χ1v) is 16.6. The number of esters is 2. The quantitative estimate of drug-likeness (QED) is 0.129. The molecule has 1 aromatic heterocycles. The van der Waals surface area contributed by atoms with Gasteiger partial charge in [0.25, 0.3) is 5.56 Å². The fourth-order valence-corrected chi connectivity index (χ4v) is 7.33. The number of aliphatic imine (C=N–C) groups is 1. The number of carbonyl (C=O) groups excluding carboxylic acids is 3. The fourth-order valence-electron chi connectivity index (χ4n) is 5.34. The normalized spacial score (nSPS) is 20.5. The molecule has 2 heterocycles. The average Bonchev–Trinajstić information content (AvgIpc) is 3.41. The van der Waals surface area contributed by atoms with E-state index >= 15 is 0 Å². The van der Waals surface area contributed by atoms with Crippen molar-refractivity contribution >= 4 is 47.5 Å². The highest BCUT2D eigenvalue weighted by Crippen LogP contribution is 2.48. The molecular formula is C36H42N4O6S. The topological polar surface area (TPSA) is 140 Å². The summed E-state index contributed by atoms with van der Waals surface area (Å²) in [7, 11) is 0. The van der Waals surface area contributed by atoms with Crippen LogP contribution in [0.2, 0.25) is 0 Å². The van der Waals surface area contributed by atoms with Crippen LogP contribution in [0.15, 0.2) is 82.6 Å². The van der Waals surface area contributed by atoms with Gasteiger partial charge in [0.1, 0.15) is 18.4 Å². The van der Waals surface area contributed by atoms with Crippen molar-refractivity contribution in [2.45, 2.75) is 58.1 Å². The Morgan fingerprint density at radius 1 is 1.02 bits per heavy atom. The van der Waals surface area contributed by atoms with Gasteiger partial charge < -0.3 is 9.47 Å². The summed E-state index contributed by atoms with van der Waals surface area (Å²) >= 11 is 1.61. The summed E-state index contributed by atoms with van der Waals surface area (Å²) in [5, 5.41) is 2.18. The molecule has 2 N–H and O–H groups in total. The highest BCUT2D eigenvalue weighted by molar-refractivity contribution is 8.00. The van der Waals surface area contributed by atoms with E-state index in [4.69, 9.17) is 9.47 Å². The van der Waals surface area contributed by atoms with Crippen LogP contribution < -0.4 is 10.9 Å². The minimum Gasteiger partial charge on any atom is -0.461 e. The highest BCUT2D eigenvalue weighted by atomic mass is 32.2. The zero-order valence-electron chi connectivity index (χ0n) is 27.6. The van der Waals surface area contributed by atoms with Crippen LogP contribution in [0.1, 0.15) is 61.0 Å². The molecule has 248 valence electrons. The van der Waals surface area contributed by atoms with E-state index in [9.17, 15) is 19.2 Å². The van der Waals surface area contributed by atoms with Crippen molar-refractivity contribution in [2.24, 2.45) is 28.7 Å². The molecule has 0 aliphatic carbocycles. The van der Waals surface area contributed by atoms with Crippen LogP contribution in [-0.2, 0) is 14.3 Å². The number of ether oxygens (including phenoxy) is 2. The first-order valence-electron chi connectivity index (χ1n) is 15.6. The Balaban J connectivity index is 1.57. The van der Waals surface area contributed by atoms with Crippen molar-refractivity contribution in [3.8, 4) is 0 Å². The number of carbonyl (C=O) groups is 3. The monoisotopic (exact) mass is 658 g/mol. The third kappa shape index (κ3) is 8.85. The van der Waals surface area contributed by atoms with Crippen molar-refractivity contribution in [3.05, 3.63) is 100.0 Å². The number of thioether (sulfide) groups is 1. The Morgan fingerprint density at radius 3 is 2.17 bits per heavy atom. The molecule has 1 amide bonds. The lowest BCUT2D eigenvalue weighted by molar-refractivity contribution is -0.118. The van der Waals surface area contributed by atoms with Crippen molar-refractivity contribution in [3.63, 3.8) is 0 Å². The molecule has 2 aromatic carbocycles. The third-order valence-electron chi connectivity index (χ3n) is 8.24. The van der Waals surface area contributed by atoms with Gasteiger partial charge >= 0.3 is 11.9 Å². The second kappa shape index (κ2) is 15.9. The number of hydrogen-bond acceptors (Lipinski definition) is 9. The molecule has 3 aromatic rings. The van der Waals surface area contributed by atoms with Gasteiger partial charge in [0.05, 0.1) is 16.8 Å². The predicted octanol–water partition coefficient (Wildman–Crippen LogP) is 6.41. The SMILES string of the molecule is C=C(C)C1C(OC(=O)c2ccccc2)[C@H](C(C)C(C)C=Nc2c(C)nc(NC(=O)C(C)C)[nH]c2=O)S[C@@H]1COC(=O)c1ccccc1. The largest absolute Gasteiger partial charge is 0.461 e. The van der Waals surface area contributed by atoms with Gasteiger partial charge in [-0.1, -0.05) is 76.2 Å². The summed E-state index contributed by atoms with van der Waals surface area (Å²) in [6.07, 6.45) is 1.14. The second-order valence-corrected chi connectivity index (χ2v) is 13.6. The zero-order chi connectivity index (χ0) is 34.2. The molecule has 10 nitrogen and oxygen atoms in total. The van der Waals surface area contributed by atoms with Crippen molar-refractivity contribution in [2.75, 3.05) is 11.9 Å². The summed E-state index contributed by atoms with van der Waals surface area (Å²) < 4.78 is 12.0. The summed E-state index contributed by atoms with van der Waals surface area (Å²) in [5.41, 5.74) is 1.75. The van der Waals surface area contributed by atoms with Gasteiger partial charge in [0, 0.05) is 28.6 Å². The van der Waals surface area contributed by atoms with Crippen LogP contribution >= 0.6 is 11.8 Å². The Labute approximate surface area is 279 Å². The summed E-state index contributed by atoms with van der Waals surface area (Å²) in [5.74, 6) is -1.87. The maximum atomic E-state index is 13.3. The van der Waals surface area contributed by atoms with E-state index in [1.807, 2.05) is 32.9 Å². The van der Waals surface area contributed by atoms with Gasteiger partial charge in [0.15, 0.2) is 0 Å². The molecule has 11 heteroatoms. The number of nitrogens with zero attached hydrogens (tertiary/aromatic N) is 2. The number of H-pyrrole nitrogens is 1. The van der Waals surface area contributed by atoms with E-state index < -0.39 is 23.6 Å². The van der Waals surface area contributed by atoms with E-state index in [-0.39, 0.29) is 58.3 Å². The molecule has 1 saturated heterocycles. The average molecular weight is 659 g/mol. The molecule has 47 heavy (non-hydrogen) atoms. The van der Waals surface area contributed by atoms with Crippen LogP contribution in [0.25, 0.3) is 0 Å². The van der Waals surface area contributed by atoms with Crippen molar-refractivity contribution < 1.29 is 23.9 Å². The molecule has 1 aliphatic heterocycles. The van der Waals surface area contributed by atoms with E-state index in [1.165, 1.54) is 0 Å². The summed E-state index contributed by atoms with van der Waals surface area (Å²) in [6.45, 7) is 15.4. The molecule has 4 unspecified atom stereocenters. The van der Waals surface area contributed by atoms with Crippen molar-refractivity contribution in [1.29, 1.82) is 0 Å². The number of rotatable bonds is 12. The van der Waals surface area contributed by atoms with E-state index in [1.54, 1.807) is 87.3 Å². The maximum absolute atomic E-state index is 13.3. The van der Waals surface area contributed by atoms with Gasteiger partial charge in [-0.15, -0.1) is 11.8 Å². The number of aromatic amines is 1. The smallest absolute Gasteiger partial charge is 0.338 e. The number of nitrogens with one attached hydrogen (secondary N) is 2. The summed E-state index contributed by atoms with van der Waals surface area (Å²) in [6, 6.07) is 17.6. The van der Waals surface area contributed by atoms with Crippen molar-refractivity contribution in [1.82, 2.24) is 9.97 Å². The van der Waals surface area contributed by atoms with Crippen LogP contribution in [0.5, 0.6) is 0 Å². The molecule has 1 aliphatic rings. The number of aryl methyl sites for hydroxylation is 1. The lowest BCUT2D eigenvalue weighted by Crippen LogP contribution is -2.38. The van der Waals surface area contributed by atoms with Crippen LogP contribution in [0.3, 0.4) is 0 Å². The maximum Gasteiger partial charge on any atom is 0.338 e. The van der Waals surface area contributed by atoms with Gasteiger partial charge in [-0.2, -0.15) is 0 Å². The lowest BCUT2D eigenvalue weighted by atomic mass is 9.83. The number of benzene rings is 2. The molecule has 0 spiro atoms. The molecule has 6 atom stereocenters. The molecule has 4 rings (SSSR count). The van der Waals surface area contributed by atoms with Crippen LogP contribution in [-0.4, -0.2) is 57.2 Å². The number of anilines is 1. The molecular weight excluding hydrogens is 616 g/mol. The van der Waals surface area contributed by atoms with Crippen LogP contribution in [0.4, 0.5) is 11.6 Å². The lowest BCUT2D eigenvalue weighted by Gasteiger charge is -2.30. The van der Waals surface area contributed by atoms with Gasteiger partial charge in [-0.3, -0.25) is 24.9 Å². The van der Waals surface area contributed by atoms with Gasteiger partial charge in [0.2, 0.25) is 11.9 Å². The Morgan fingerprint density at radius 2 is 1.62 bits per heavy atom. The minimum absolute atomic E-state index is 0.0711. The van der Waals surface area contributed by atoms with E-state index in [2.05, 4.69) is 26.9 Å². The second-order valence-electron chi connectivity index (χ2n) is 12.2. The Kier molecular flexibility index (Phi) is 11.9. The predicted molar refractivity (Wildman–Crippen MR) is 185 cm³/mol.